The molecule has 3 aromatic carbocycles. The van der Waals surface area contributed by atoms with Crippen LogP contribution in [0.4, 0.5) is 0 Å². The molecule has 0 radical (unpaired) electrons. The second kappa shape index (κ2) is 13.0. The van der Waals surface area contributed by atoms with E-state index in [1.54, 1.807) is 4.90 Å². The Morgan fingerprint density at radius 1 is 0.853 bits per heavy atom. The summed E-state index contributed by atoms with van der Waals surface area (Å²) in [6, 6.07) is 25.1. The van der Waals surface area contributed by atoms with Crippen LogP contribution in [-0.4, -0.2) is 29.3 Å². The largest absolute Gasteiger partial charge is 0.355 e. The van der Waals surface area contributed by atoms with Crippen molar-refractivity contribution in [1.29, 1.82) is 0 Å². The van der Waals surface area contributed by atoms with E-state index in [0.29, 0.717) is 37.4 Å². The lowest BCUT2D eigenvalue weighted by atomic mass is 10.0. The van der Waals surface area contributed by atoms with Gasteiger partial charge in [-0.1, -0.05) is 85.3 Å². The van der Waals surface area contributed by atoms with Crippen molar-refractivity contribution >= 4 is 23.4 Å². The first-order valence-corrected chi connectivity index (χ1v) is 12.3. The van der Waals surface area contributed by atoms with E-state index in [4.69, 9.17) is 11.6 Å². The molecular weight excluding hydrogens is 444 g/mol. The van der Waals surface area contributed by atoms with Crippen molar-refractivity contribution in [2.75, 3.05) is 6.54 Å². The summed E-state index contributed by atoms with van der Waals surface area (Å²) in [7, 11) is 0. The summed E-state index contributed by atoms with van der Waals surface area (Å²) in [5, 5.41) is 3.54. The van der Waals surface area contributed by atoms with Gasteiger partial charge in [-0.05, 0) is 54.2 Å². The van der Waals surface area contributed by atoms with E-state index >= 15 is 0 Å². The molecule has 0 bridgehead atoms. The average molecular weight is 477 g/mol. The van der Waals surface area contributed by atoms with Crippen LogP contribution in [0.2, 0.25) is 5.02 Å². The highest BCUT2D eigenvalue weighted by Gasteiger charge is 2.30. The summed E-state index contributed by atoms with van der Waals surface area (Å²) in [4.78, 5) is 28.5. The Kier molecular flexibility index (Phi) is 9.72. The van der Waals surface area contributed by atoms with Crippen molar-refractivity contribution in [3.63, 3.8) is 0 Å². The molecule has 0 aliphatic rings. The maximum Gasteiger partial charge on any atom is 0.243 e. The van der Waals surface area contributed by atoms with E-state index in [2.05, 4.69) is 36.5 Å². The molecule has 0 spiro atoms. The normalized spacial score (nSPS) is 11.6. The number of halogens is 1. The van der Waals surface area contributed by atoms with Crippen LogP contribution in [-0.2, 0) is 35.4 Å². The molecule has 4 nitrogen and oxygen atoms in total. The first kappa shape index (κ1) is 25.5. The van der Waals surface area contributed by atoms with Crippen LogP contribution < -0.4 is 5.32 Å². The molecule has 2 amide bonds. The van der Waals surface area contributed by atoms with Crippen LogP contribution in [0.5, 0.6) is 0 Å². The number of amides is 2. The fourth-order valence-corrected chi connectivity index (χ4v) is 4.23. The van der Waals surface area contributed by atoms with Gasteiger partial charge in [-0.15, -0.1) is 0 Å². The molecule has 1 N–H and O–H groups in total. The third kappa shape index (κ3) is 7.46. The monoisotopic (exact) mass is 476 g/mol. The number of carbonyl (C=O) groups excluding carboxylic acids is 2. The lowest BCUT2D eigenvalue weighted by Gasteiger charge is -2.31. The van der Waals surface area contributed by atoms with E-state index in [1.807, 2.05) is 61.5 Å². The molecular formula is C29H33ClN2O2. The van der Waals surface area contributed by atoms with Gasteiger partial charge in [0, 0.05) is 31.0 Å². The van der Waals surface area contributed by atoms with Crippen molar-refractivity contribution in [2.24, 2.45) is 0 Å². The number of benzene rings is 3. The van der Waals surface area contributed by atoms with Gasteiger partial charge in [0.05, 0.1) is 0 Å². The molecule has 0 unspecified atom stereocenters. The average Bonchev–Trinajstić information content (AvgIpc) is 2.85. The molecule has 0 fully saturated rings. The van der Waals surface area contributed by atoms with E-state index in [1.165, 1.54) is 5.56 Å². The molecule has 5 heteroatoms. The molecule has 3 rings (SSSR count). The number of hydrogen-bond acceptors (Lipinski definition) is 2. The van der Waals surface area contributed by atoms with Crippen molar-refractivity contribution in [2.45, 2.75) is 52.1 Å². The zero-order chi connectivity index (χ0) is 24.3. The summed E-state index contributed by atoms with van der Waals surface area (Å²) in [5.74, 6) is -0.194. The molecule has 0 aliphatic carbocycles. The highest BCUT2D eigenvalue weighted by atomic mass is 35.5. The smallest absolute Gasteiger partial charge is 0.243 e. The van der Waals surface area contributed by atoms with Crippen molar-refractivity contribution in [3.05, 3.63) is 106 Å². The topological polar surface area (TPSA) is 49.4 Å². The van der Waals surface area contributed by atoms with Gasteiger partial charge in [0.2, 0.25) is 11.8 Å². The van der Waals surface area contributed by atoms with E-state index in [-0.39, 0.29) is 11.8 Å². The van der Waals surface area contributed by atoms with E-state index in [0.717, 1.165) is 23.1 Å². The third-order valence-corrected chi connectivity index (χ3v) is 6.16. The minimum atomic E-state index is -0.615. The zero-order valence-corrected chi connectivity index (χ0v) is 20.7. The van der Waals surface area contributed by atoms with E-state index in [9.17, 15) is 9.59 Å². The van der Waals surface area contributed by atoms with Crippen LogP contribution in [0.25, 0.3) is 0 Å². The predicted molar refractivity (Wildman–Crippen MR) is 139 cm³/mol. The quantitative estimate of drug-likeness (QED) is 0.391. The van der Waals surface area contributed by atoms with Gasteiger partial charge in [-0.3, -0.25) is 9.59 Å². The van der Waals surface area contributed by atoms with E-state index < -0.39 is 6.04 Å². The Hall–Kier alpha value is -3.11. The standard InChI is InChI=1S/C29H33ClN2O2/c1-3-22-13-15-23(16-14-22)17-18-28(33)32(21-25-11-8-12-26(30)19-25)27(29(34)31-4-2)20-24-9-6-5-7-10-24/h5-16,19,27H,3-4,17-18,20-21H2,1-2H3,(H,31,34)/t27-/m0/s1. The molecule has 0 saturated carbocycles. The second-order valence-corrected chi connectivity index (χ2v) is 8.86. The number of hydrogen-bond donors (Lipinski definition) is 1. The molecule has 0 saturated heterocycles. The Bertz CT molecular complexity index is 1070. The van der Waals surface area contributed by atoms with Gasteiger partial charge < -0.3 is 10.2 Å². The van der Waals surface area contributed by atoms with Gasteiger partial charge in [0.1, 0.15) is 6.04 Å². The summed E-state index contributed by atoms with van der Waals surface area (Å²) >= 11 is 6.21. The number of rotatable bonds is 11. The minimum absolute atomic E-state index is 0.0493. The van der Waals surface area contributed by atoms with Gasteiger partial charge in [0.25, 0.3) is 0 Å². The van der Waals surface area contributed by atoms with Crippen molar-refractivity contribution < 1.29 is 9.59 Å². The predicted octanol–water partition coefficient (Wildman–Crippen LogP) is 5.61. The summed E-state index contributed by atoms with van der Waals surface area (Å²) in [5.41, 5.74) is 4.30. The Morgan fingerprint density at radius 3 is 2.18 bits per heavy atom. The maximum absolute atomic E-state index is 13.6. The Labute approximate surface area is 207 Å². The SMILES string of the molecule is CCNC(=O)[C@H](Cc1ccccc1)N(Cc1cccc(Cl)c1)C(=O)CCc1ccc(CC)cc1. The maximum atomic E-state index is 13.6. The highest BCUT2D eigenvalue weighted by molar-refractivity contribution is 6.30. The molecule has 0 aliphatic heterocycles. The van der Waals surface area contributed by atoms with Crippen LogP contribution >= 0.6 is 11.6 Å². The molecule has 0 aromatic heterocycles. The van der Waals surface area contributed by atoms with Gasteiger partial charge in [0.15, 0.2) is 0 Å². The number of nitrogens with zero attached hydrogens (tertiary/aromatic N) is 1. The molecule has 3 aromatic rings. The number of aryl methyl sites for hydroxylation is 2. The number of nitrogens with one attached hydrogen (secondary N) is 1. The number of likely N-dealkylation sites (N-methyl/N-ethyl adjacent to an activating group) is 1. The Morgan fingerprint density at radius 2 is 1.53 bits per heavy atom. The van der Waals surface area contributed by atoms with Gasteiger partial charge in [-0.2, -0.15) is 0 Å². The fraction of sp³-hybridized carbons (Fsp3) is 0.310. The lowest BCUT2D eigenvalue weighted by Crippen LogP contribution is -2.50. The lowest BCUT2D eigenvalue weighted by molar-refractivity contribution is -0.141. The molecule has 0 heterocycles. The first-order valence-electron chi connectivity index (χ1n) is 11.9. The third-order valence-electron chi connectivity index (χ3n) is 5.92. The first-order chi connectivity index (χ1) is 16.5. The van der Waals surface area contributed by atoms with Crippen LogP contribution in [0.15, 0.2) is 78.9 Å². The van der Waals surface area contributed by atoms with Crippen LogP contribution in [0.1, 0.15) is 42.5 Å². The summed E-state index contributed by atoms with van der Waals surface area (Å²) < 4.78 is 0. The highest BCUT2D eigenvalue weighted by Crippen LogP contribution is 2.19. The fourth-order valence-electron chi connectivity index (χ4n) is 4.01. The zero-order valence-electron chi connectivity index (χ0n) is 20.0. The summed E-state index contributed by atoms with van der Waals surface area (Å²) in [6.45, 7) is 4.84. The van der Waals surface area contributed by atoms with Crippen molar-refractivity contribution in [1.82, 2.24) is 10.2 Å². The van der Waals surface area contributed by atoms with Crippen molar-refractivity contribution in [3.8, 4) is 0 Å². The van der Waals surface area contributed by atoms with Gasteiger partial charge >= 0.3 is 0 Å². The summed E-state index contributed by atoms with van der Waals surface area (Å²) in [6.07, 6.45) is 2.39. The molecule has 1 atom stereocenters. The van der Waals surface area contributed by atoms with Crippen LogP contribution in [0.3, 0.4) is 0 Å². The number of carbonyl (C=O) groups is 2. The Balaban J connectivity index is 1.86. The minimum Gasteiger partial charge on any atom is -0.355 e. The second-order valence-electron chi connectivity index (χ2n) is 8.42. The molecule has 34 heavy (non-hydrogen) atoms. The van der Waals surface area contributed by atoms with Crippen LogP contribution in [0, 0.1) is 0 Å². The van der Waals surface area contributed by atoms with Gasteiger partial charge in [-0.25, -0.2) is 0 Å². The molecule has 178 valence electrons.